The van der Waals surface area contributed by atoms with Gasteiger partial charge in [0.25, 0.3) is 0 Å². The first-order valence-electron chi connectivity index (χ1n) is 5.64. The summed E-state index contributed by atoms with van der Waals surface area (Å²) in [6, 6.07) is 5.20. The molecule has 0 bridgehead atoms. The Morgan fingerprint density at radius 3 is 2.82 bits per heavy atom. The molecule has 1 aromatic carbocycles. The van der Waals surface area contributed by atoms with Gasteiger partial charge in [-0.3, -0.25) is 4.79 Å². The zero-order chi connectivity index (χ0) is 12.4. The van der Waals surface area contributed by atoms with Gasteiger partial charge in [-0.15, -0.1) is 0 Å². The molecule has 0 aliphatic carbocycles. The second-order valence-corrected chi connectivity index (χ2v) is 4.04. The number of benzene rings is 1. The number of aryl methyl sites for hydroxylation is 2. The van der Waals surface area contributed by atoms with Crippen molar-refractivity contribution in [2.45, 2.75) is 26.3 Å². The van der Waals surface area contributed by atoms with Crippen LogP contribution in [-0.2, 0) is 17.8 Å². The maximum absolute atomic E-state index is 10.6. The average molecular weight is 233 g/mol. The molecule has 4 nitrogen and oxygen atoms in total. The van der Waals surface area contributed by atoms with Crippen molar-refractivity contribution >= 4 is 16.9 Å². The number of carboxylic acids is 1. The first kappa shape index (κ1) is 11.5. The van der Waals surface area contributed by atoms with E-state index in [2.05, 4.69) is 4.57 Å². The summed E-state index contributed by atoms with van der Waals surface area (Å²) in [4.78, 5) is 10.6. The quantitative estimate of drug-likeness (QED) is 0.852. The van der Waals surface area contributed by atoms with Crippen LogP contribution >= 0.6 is 0 Å². The highest BCUT2D eigenvalue weighted by Crippen LogP contribution is 2.26. The van der Waals surface area contributed by atoms with E-state index >= 15 is 0 Å². The van der Waals surface area contributed by atoms with Gasteiger partial charge in [0, 0.05) is 30.1 Å². The van der Waals surface area contributed by atoms with Crippen LogP contribution < -0.4 is 0 Å². The Hall–Kier alpha value is -1.97. The normalized spacial score (nSPS) is 10.9. The molecule has 0 saturated carbocycles. The lowest BCUT2D eigenvalue weighted by Crippen LogP contribution is -1.97. The second-order valence-electron chi connectivity index (χ2n) is 4.04. The van der Waals surface area contributed by atoms with Gasteiger partial charge >= 0.3 is 5.97 Å². The molecule has 17 heavy (non-hydrogen) atoms. The molecule has 0 aliphatic heterocycles. The van der Waals surface area contributed by atoms with E-state index in [1.807, 2.05) is 19.2 Å². The number of phenols is 1. The Balaban J connectivity index is 2.46. The van der Waals surface area contributed by atoms with Crippen molar-refractivity contribution in [3.05, 3.63) is 30.0 Å². The Morgan fingerprint density at radius 2 is 2.18 bits per heavy atom. The number of carbonyl (C=O) groups is 1. The summed E-state index contributed by atoms with van der Waals surface area (Å²) in [6.07, 6.45) is 2.56. The number of hydrogen-bond acceptors (Lipinski definition) is 2. The summed E-state index contributed by atoms with van der Waals surface area (Å²) < 4.78 is 2.06. The van der Waals surface area contributed by atoms with E-state index in [0.29, 0.717) is 6.42 Å². The maximum Gasteiger partial charge on any atom is 0.303 e. The lowest BCUT2D eigenvalue weighted by Gasteiger charge is -1.99. The molecule has 0 fully saturated rings. The molecule has 90 valence electrons. The number of hydrogen-bond donors (Lipinski definition) is 2. The number of rotatable bonds is 4. The number of carboxylic acid groups (broad SMARTS) is 1. The smallest absolute Gasteiger partial charge is 0.303 e. The van der Waals surface area contributed by atoms with Crippen molar-refractivity contribution in [3.63, 3.8) is 0 Å². The zero-order valence-electron chi connectivity index (χ0n) is 9.68. The molecule has 2 rings (SSSR count). The van der Waals surface area contributed by atoms with Gasteiger partial charge in [-0.1, -0.05) is 0 Å². The van der Waals surface area contributed by atoms with Gasteiger partial charge in [-0.05, 0) is 37.1 Å². The third kappa shape index (κ3) is 2.25. The number of phenolic OH excluding ortho intramolecular Hbond substituents is 1. The highest BCUT2D eigenvalue weighted by molar-refractivity contribution is 5.85. The highest BCUT2D eigenvalue weighted by Gasteiger charge is 2.09. The van der Waals surface area contributed by atoms with Crippen LogP contribution in [0.4, 0.5) is 0 Å². The summed E-state index contributed by atoms with van der Waals surface area (Å²) in [5.41, 5.74) is 2.01. The lowest BCUT2D eigenvalue weighted by atomic mass is 10.1. The van der Waals surface area contributed by atoms with E-state index in [1.54, 1.807) is 12.1 Å². The van der Waals surface area contributed by atoms with Gasteiger partial charge in [-0.2, -0.15) is 0 Å². The molecule has 0 radical (unpaired) electrons. The monoisotopic (exact) mass is 233 g/mol. The minimum atomic E-state index is -0.803. The van der Waals surface area contributed by atoms with Gasteiger partial charge in [0.1, 0.15) is 5.75 Å². The molecular weight excluding hydrogens is 218 g/mol. The van der Waals surface area contributed by atoms with Gasteiger partial charge in [-0.25, -0.2) is 0 Å². The standard InChI is InChI=1S/C13H15NO3/c1-2-14-8-9(3-6-13(16)17)11-7-10(15)4-5-12(11)14/h4-5,7-8,15H,2-3,6H2,1H3,(H,16,17). The van der Waals surface area contributed by atoms with Crippen LogP contribution in [0, 0.1) is 0 Å². The molecule has 1 aromatic heterocycles. The van der Waals surface area contributed by atoms with Gasteiger partial charge < -0.3 is 14.8 Å². The predicted molar refractivity (Wildman–Crippen MR) is 65.2 cm³/mol. The van der Waals surface area contributed by atoms with E-state index in [1.165, 1.54) is 0 Å². The van der Waals surface area contributed by atoms with E-state index in [-0.39, 0.29) is 12.2 Å². The summed E-state index contributed by atoms with van der Waals surface area (Å²) >= 11 is 0. The summed E-state index contributed by atoms with van der Waals surface area (Å²) in [5, 5.41) is 19.1. The molecule has 0 amide bonds. The summed E-state index contributed by atoms with van der Waals surface area (Å²) in [6.45, 7) is 2.86. The molecule has 0 aliphatic rings. The number of fused-ring (bicyclic) bond motifs is 1. The van der Waals surface area contributed by atoms with E-state index < -0.39 is 5.97 Å². The fourth-order valence-electron chi connectivity index (χ4n) is 2.06. The summed E-state index contributed by atoms with van der Waals surface area (Å²) in [7, 11) is 0. The SMILES string of the molecule is CCn1cc(CCC(=O)O)c2cc(O)ccc21. The minimum absolute atomic E-state index is 0.110. The van der Waals surface area contributed by atoms with Crippen LogP contribution in [0.2, 0.25) is 0 Å². The first-order chi connectivity index (χ1) is 8.11. The Morgan fingerprint density at radius 1 is 1.41 bits per heavy atom. The molecule has 0 spiro atoms. The Bertz CT molecular complexity index is 557. The predicted octanol–water partition coefficient (Wildman–Crippen LogP) is 2.38. The number of aliphatic carboxylic acids is 1. The molecule has 1 heterocycles. The Kier molecular flexibility index (Phi) is 3.04. The maximum atomic E-state index is 10.6. The molecule has 4 heteroatoms. The zero-order valence-corrected chi connectivity index (χ0v) is 9.68. The van der Waals surface area contributed by atoms with E-state index in [9.17, 15) is 9.90 Å². The van der Waals surface area contributed by atoms with Crippen LogP contribution in [0.25, 0.3) is 10.9 Å². The molecule has 2 aromatic rings. The van der Waals surface area contributed by atoms with Gasteiger partial charge in [0.2, 0.25) is 0 Å². The molecule has 2 N–H and O–H groups in total. The molecule has 0 saturated heterocycles. The minimum Gasteiger partial charge on any atom is -0.508 e. The second kappa shape index (κ2) is 4.49. The summed E-state index contributed by atoms with van der Waals surface area (Å²) in [5.74, 6) is -0.592. The van der Waals surface area contributed by atoms with Crippen LogP contribution in [0.1, 0.15) is 18.9 Å². The largest absolute Gasteiger partial charge is 0.508 e. The van der Waals surface area contributed by atoms with E-state index in [4.69, 9.17) is 5.11 Å². The van der Waals surface area contributed by atoms with Crippen molar-refractivity contribution in [1.29, 1.82) is 0 Å². The fourth-order valence-corrected chi connectivity index (χ4v) is 2.06. The van der Waals surface area contributed by atoms with Crippen molar-refractivity contribution in [2.75, 3.05) is 0 Å². The average Bonchev–Trinajstić information content (AvgIpc) is 2.63. The van der Waals surface area contributed by atoms with Crippen molar-refractivity contribution < 1.29 is 15.0 Å². The van der Waals surface area contributed by atoms with E-state index in [0.717, 1.165) is 23.0 Å². The number of nitrogens with zero attached hydrogens (tertiary/aromatic N) is 1. The van der Waals surface area contributed by atoms with Crippen LogP contribution in [0.15, 0.2) is 24.4 Å². The highest BCUT2D eigenvalue weighted by atomic mass is 16.4. The van der Waals surface area contributed by atoms with Crippen LogP contribution in [-0.4, -0.2) is 20.7 Å². The molecule has 0 unspecified atom stereocenters. The van der Waals surface area contributed by atoms with Crippen LogP contribution in [0.3, 0.4) is 0 Å². The number of aromatic hydroxyl groups is 1. The van der Waals surface area contributed by atoms with Gasteiger partial charge in [0.05, 0.1) is 0 Å². The van der Waals surface area contributed by atoms with Crippen LogP contribution in [0.5, 0.6) is 5.75 Å². The Labute approximate surface area is 99.1 Å². The van der Waals surface area contributed by atoms with Crippen molar-refractivity contribution in [1.82, 2.24) is 4.57 Å². The first-order valence-corrected chi connectivity index (χ1v) is 5.64. The third-order valence-corrected chi connectivity index (χ3v) is 2.90. The topological polar surface area (TPSA) is 62.5 Å². The molecular formula is C13H15NO3. The lowest BCUT2D eigenvalue weighted by molar-refractivity contribution is -0.136. The molecule has 0 atom stereocenters. The fraction of sp³-hybridized carbons (Fsp3) is 0.308. The van der Waals surface area contributed by atoms with Gasteiger partial charge in [0.15, 0.2) is 0 Å². The van der Waals surface area contributed by atoms with Crippen molar-refractivity contribution in [3.8, 4) is 5.75 Å². The number of aromatic nitrogens is 1. The third-order valence-electron chi connectivity index (χ3n) is 2.90. The van der Waals surface area contributed by atoms with Crippen molar-refractivity contribution in [2.24, 2.45) is 0 Å².